The van der Waals surface area contributed by atoms with Crippen LogP contribution in [0.1, 0.15) is 5.82 Å². The first-order chi connectivity index (χ1) is 10.7. The van der Waals surface area contributed by atoms with E-state index in [0.29, 0.717) is 23.1 Å². The zero-order chi connectivity index (χ0) is 15.4. The van der Waals surface area contributed by atoms with Gasteiger partial charge in [0.2, 0.25) is 0 Å². The van der Waals surface area contributed by atoms with E-state index in [9.17, 15) is 4.79 Å². The Morgan fingerprint density at radius 1 is 1.23 bits per heavy atom. The minimum Gasteiger partial charge on any atom is -0.484 e. The van der Waals surface area contributed by atoms with Crippen molar-refractivity contribution >= 4 is 28.5 Å². The lowest BCUT2D eigenvalue weighted by atomic mass is 10.3. The lowest BCUT2D eigenvalue weighted by Gasteiger charge is -2.06. The second-order valence-electron chi connectivity index (χ2n) is 4.72. The average Bonchev–Trinajstić information content (AvgIpc) is 2.94. The number of hydrogen-bond acceptors (Lipinski definition) is 3. The summed E-state index contributed by atoms with van der Waals surface area (Å²) >= 11 is 5.85. The van der Waals surface area contributed by atoms with Gasteiger partial charge in [0.05, 0.1) is 17.6 Å². The largest absolute Gasteiger partial charge is 0.484 e. The lowest BCUT2D eigenvalue weighted by Crippen LogP contribution is -2.28. The zero-order valence-corrected chi connectivity index (χ0v) is 12.4. The number of ether oxygens (including phenoxy) is 1. The summed E-state index contributed by atoms with van der Waals surface area (Å²) in [6.07, 6.45) is 0. The number of rotatable bonds is 5. The summed E-state index contributed by atoms with van der Waals surface area (Å²) in [6, 6.07) is 14.6. The highest BCUT2D eigenvalue weighted by Crippen LogP contribution is 2.16. The van der Waals surface area contributed by atoms with Crippen molar-refractivity contribution in [2.75, 3.05) is 6.61 Å². The van der Waals surface area contributed by atoms with Crippen molar-refractivity contribution in [2.24, 2.45) is 0 Å². The number of amides is 1. The van der Waals surface area contributed by atoms with Crippen LogP contribution in [0.25, 0.3) is 11.0 Å². The molecule has 2 N–H and O–H groups in total. The highest BCUT2D eigenvalue weighted by atomic mass is 35.5. The predicted molar refractivity (Wildman–Crippen MR) is 84.9 cm³/mol. The minimum atomic E-state index is -0.222. The molecule has 0 radical (unpaired) electrons. The Labute approximate surface area is 132 Å². The van der Waals surface area contributed by atoms with Crippen LogP contribution in [0.2, 0.25) is 5.02 Å². The molecule has 2 aromatic carbocycles. The normalized spacial score (nSPS) is 10.6. The Morgan fingerprint density at radius 3 is 2.91 bits per heavy atom. The topological polar surface area (TPSA) is 67.0 Å². The second kappa shape index (κ2) is 6.49. The Hall–Kier alpha value is -2.53. The number of nitrogens with zero attached hydrogens (tertiary/aromatic N) is 1. The molecule has 0 spiro atoms. The molecule has 3 aromatic rings. The summed E-state index contributed by atoms with van der Waals surface area (Å²) in [5.41, 5.74) is 1.82. The minimum absolute atomic E-state index is 0.0689. The SMILES string of the molecule is O=C(COc1cccc(Cl)c1)NCc1nc2ccccc2[nH]1. The van der Waals surface area contributed by atoms with Crippen LogP contribution in [-0.2, 0) is 11.3 Å². The molecule has 0 bridgehead atoms. The molecule has 0 fully saturated rings. The van der Waals surface area contributed by atoms with Crippen molar-refractivity contribution in [3.05, 3.63) is 59.4 Å². The first kappa shape index (κ1) is 14.4. The Balaban J connectivity index is 1.51. The molecule has 0 aliphatic heterocycles. The van der Waals surface area contributed by atoms with Gasteiger partial charge < -0.3 is 15.0 Å². The Bertz CT molecular complexity index is 768. The maximum Gasteiger partial charge on any atom is 0.258 e. The van der Waals surface area contributed by atoms with E-state index in [2.05, 4.69) is 15.3 Å². The molecule has 0 unspecified atom stereocenters. The van der Waals surface area contributed by atoms with Crippen LogP contribution in [-0.4, -0.2) is 22.5 Å². The van der Waals surface area contributed by atoms with Crippen molar-refractivity contribution in [1.82, 2.24) is 15.3 Å². The number of para-hydroxylation sites is 2. The maximum atomic E-state index is 11.8. The van der Waals surface area contributed by atoms with Gasteiger partial charge in [-0.2, -0.15) is 0 Å². The number of fused-ring (bicyclic) bond motifs is 1. The summed E-state index contributed by atoms with van der Waals surface area (Å²) in [7, 11) is 0. The Morgan fingerprint density at radius 2 is 2.09 bits per heavy atom. The maximum absolute atomic E-state index is 11.8. The van der Waals surface area contributed by atoms with Crippen LogP contribution in [0.5, 0.6) is 5.75 Å². The number of nitrogens with one attached hydrogen (secondary N) is 2. The summed E-state index contributed by atoms with van der Waals surface area (Å²) < 4.78 is 5.37. The van der Waals surface area contributed by atoms with E-state index in [1.54, 1.807) is 24.3 Å². The van der Waals surface area contributed by atoms with Crippen molar-refractivity contribution in [1.29, 1.82) is 0 Å². The highest BCUT2D eigenvalue weighted by molar-refractivity contribution is 6.30. The van der Waals surface area contributed by atoms with E-state index < -0.39 is 0 Å². The fourth-order valence-electron chi connectivity index (χ4n) is 2.03. The third-order valence-electron chi connectivity index (χ3n) is 3.06. The van der Waals surface area contributed by atoms with E-state index in [4.69, 9.17) is 16.3 Å². The van der Waals surface area contributed by atoms with Crippen molar-refractivity contribution in [3.63, 3.8) is 0 Å². The van der Waals surface area contributed by atoms with E-state index in [1.807, 2.05) is 24.3 Å². The van der Waals surface area contributed by atoms with Crippen LogP contribution in [0, 0.1) is 0 Å². The van der Waals surface area contributed by atoms with E-state index >= 15 is 0 Å². The number of imidazole rings is 1. The third-order valence-corrected chi connectivity index (χ3v) is 3.29. The van der Waals surface area contributed by atoms with E-state index in [1.165, 1.54) is 0 Å². The molecule has 3 rings (SSSR count). The van der Waals surface area contributed by atoms with Gasteiger partial charge in [-0.1, -0.05) is 29.8 Å². The highest BCUT2D eigenvalue weighted by Gasteiger charge is 2.06. The monoisotopic (exact) mass is 315 g/mol. The molecule has 22 heavy (non-hydrogen) atoms. The number of H-pyrrole nitrogens is 1. The van der Waals surface area contributed by atoms with Crippen molar-refractivity contribution in [2.45, 2.75) is 6.54 Å². The molecule has 112 valence electrons. The molecular formula is C16H14ClN3O2. The quantitative estimate of drug-likeness (QED) is 0.760. The zero-order valence-electron chi connectivity index (χ0n) is 11.7. The summed E-state index contributed by atoms with van der Waals surface area (Å²) in [5, 5.41) is 3.32. The van der Waals surface area contributed by atoms with Gasteiger partial charge in [0.1, 0.15) is 11.6 Å². The van der Waals surface area contributed by atoms with Crippen LogP contribution in [0.3, 0.4) is 0 Å². The van der Waals surface area contributed by atoms with Gasteiger partial charge in [-0.25, -0.2) is 4.98 Å². The molecule has 0 aliphatic rings. The fraction of sp³-hybridized carbons (Fsp3) is 0.125. The van der Waals surface area contributed by atoms with Gasteiger partial charge in [0.25, 0.3) is 5.91 Å². The van der Waals surface area contributed by atoms with Crippen molar-refractivity contribution in [3.8, 4) is 5.75 Å². The number of carbonyl (C=O) groups is 1. The molecule has 6 heteroatoms. The van der Waals surface area contributed by atoms with Crippen LogP contribution < -0.4 is 10.1 Å². The predicted octanol–water partition coefficient (Wildman–Crippen LogP) is 2.91. The summed E-state index contributed by atoms with van der Waals surface area (Å²) in [4.78, 5) is 19.3. The lowest BCUT2D eigenvalue weighted by molar-refractivity contribution is -0.123. The van der Waals surface area contributed by atoms with Crippen LogP contribution >= 0.6 is 11.6 Å². The standard InChI is InChI=1S/C16H14ClN3O2/c17-11-4-3-5-12(8-11)22-10-16(21)18-9-15-19-13-6-1-2-7-14(13)20-15/h1-8H,9-10H2,(H,18,21)(H,19,20). The fourth-order valence-corrected chi connectivity index (χ4v) is 2.21. The Kier molecular flexibility index (Phi) is 4.25. The number of carbonyl (C=O) groups excluding carboxylic acids is 1. The number of aromatic amines is 1. The van der Waals surface area contributed by atoms with Gasteiger partial charge >= 0.3 is 0 Å². The molecule has 0 atom stereocenters. The number of aromatic nitrogens is 2. The molecule has 0 saturated carbocycles. The molecule has 1 aromatic heterocycles. The third kappa shape index (κ3) is 3.56. The molecule has 0 saturated heterocycles. The number of benzene rings is 2. The van der Waals surface area contributed by atoms with Crippen LogP contribution in [0.4, 0.5) is 0 Å². The molecular weight excluding hydrogens is 302 g/mol. The van der Waals surface area contributed by atoms with Crippen molar-refractivity contribution < 1.29 is 9.53 Å². The first-order valence-electron chi connectivity index (χ1n) is 6.79. The molecule has 1 amide bonds. The van der Waals surface area contributed by atoms with Gasteiger partial charge in [0.15, 0.2) is 6.61 Å². The summed E-state index contributed by atoms with van der Waals surface area (Å²) in [5.74, 6) is 1.05. The van der Waals surface area contributed by atoms with Gasteiger partial charge in [-0.3, -0.25) is 4.79 Å². The van der Waals surface area contributed by atoms with Gasteiger partial charge in [-0.05, 0) is 30.3 Å². The van der Waals surface area contributed by atoms with E-state index in [-0.39, 0.29) is 12.5 Å². The van der Waals surface area contributed by atoms with Gasteiger partial charge in [-0.15, -0.1) is 0 Å². The number of hydrogen-bond donors (Lipinski definition) is 2. The average molecular weight is 316 g/mol. The van der Waals surface area contributed by atoms with Gasteiger partial charge in [0, 0.05) is 5.02 Å². The number of halogens is 1. The molecule has 5 nitrogen and oxygen atoms in total. The smallest absolute Gasteiger partial charge is 0.258 e. The first-order valence-corrected chi connectivity index (χ1v) is 7.17. The molecule has 1 heterocycles. The molecule has 0 aliphatic carbocycles. The summed E-state index contributed by atoms with van der Waals surface area (Å²) in [6.45, 7) is 0.257. The van der Waals surface area contributed by atoms with Crippen LogP contribution in [0.15, 0.2) is 48.5 Å². The van der Waals surface area contributed by atoms with E-state index in [0.717, 1.165) is 11.0 Å². The second-order valence-corrected chi connectivity index (χ2v) is 5.16.